The number of aryl methyl sites for hydroxylation is 1. The first-order valence-electron chi connectivity index (χ1n) is 8.95. The van der Waals surface area contributed by atoms with Gasteiger partial charge in [0.2, 0.25) is 0 Å². The van der Waals surface area contributed by atoms with Crippen LogP contribution in [0.1, 0.15) is 17.1 Å². The van der Waals surface area contributed by atoms with Crippen molar-refractivity contribution in [2.45, 2.75) is 25.8 Å². The van der Waals surface area contributed by atoms with Crippen LogP contribution in [0.4, 0.5) is 5.69 Å². The average molecular weight is 374 g/mol. The quantitative estimate of drug-likeness (QED) is 0.602. The van der Waals surface area contributed by atoms with Gasteiger partial charge in [0.15, 0.2) is 5.96 Å². The number of rotatable bonds is 6. The highest BCUT2D eigenvalue weighted by Gasteiger charge is 2.25. The van der Waals surface area contributed by atoms with Gasteiger partial charge in [0.1, 0.15) is 5.75 Å². The molecule has 0 bridgehead atoms. The number of guanidine groups is 1. The number of anilines is 1. The van der Waals surface area contributed by atoms with Crippen LogP contribution in [0.5, 0.6) is 5.75 Å². The molecule has 1 aliphatic heterocycles. The van der Waals surface area contributed by atoms with Crippen molar-refractivity contribution < 1.29 is 4.74 Å². The number of benzene rings is 1. The molecule has 1 aromatic carbocycles. The van der Waals surface area contributed by atoms with Gasteiger partial charge >= 0.3 is 0 Å². The molecule has 7 heteroatoms. The molecule has 0 spiro atoms. The number of nitrogens with one attached hydrogen (secondary N) is 2. The van der Waals surface area contributed by atoms with Gasteiger partial charge < -0.3 is 20.3 Å². The topological polar surface area (TPSA) is 61.8 Å². The maximum absolute atomic E-state index is 5.49. The molecule has 6 nitrogen and oxygen atoms in total. The molecule has 2 heterocycles. The van der Waals surface area contributed by atoms with E-state index in [-0.39, 0.29) is 0 Å². The standard InChI is InChI=1S/C19H27N5OS/c1-14-22-16(13-26-14)8-10-21-19(20-2)23-15-9-11-24(12-15)17-6-4-5-7-18(17)25-3/h4-7,13,15H,8-12H2,1-3H3,(H2,20,21,23). The Balaban J connectivity index is 1.49. The van der Waals surface area contributed by atoms with Gasteiger partial charge in [-0.2, -0.15) is 0 Å². The molecule has 1 atom stereocenters. The Hall–Kier alpha value is -2.28. The fourth-order valence-electron chi connectivity index (χ4n) is 3.21. The SMILES string of the molecule is CN=C(NCCc1csc(C)n1)NC1CCN(c2ccccc2OC)C1. The van der Waals surface area contributed by atoms with Crippen molar-refractivity contribution in [3.63, 3.8) is 0 Å². The first-order chi connectivity index (χ1) is 12.7. The van der Waals surface area contributed by atoms with Gasteiger partial charge in [-0.15, -0.1) is 11.3 Å². The highest BCUT2D eigenvalue weighted by Crippen LogP contribution is 2.30. The predicted octanol–water partition coefficient (Wildman–Crippen LogP) is 2.45. The molecule has 1 saturated heterocycles. The van der Waals surface area contributed by atoms with Gasteiger partial charge in [-0.1, -0.05) is 12.1 Å². The van der Waals surface area contributed by atoms with Crippen molar-refractivity contribution in [3.05, 3.63) is 40.3 Å². The van der Waals surface area contributed by atoms with Crippen LogP contribution in [-0.2, 0) is 6.42 Å². The summed E-state index contributed by atoms with van der Waals surface area (Å²) in [5, 5.41) is 10.2. The Kier molecular flexibility index (Phi) is 6.33. The minimum Gasteiger partial charge on any atom is -0.495 e. The van der Waals surface area contributed by atoms with Crippen LogP contribution in [0.25, 0.3) is 0 Å². The van der Waals surface area contributed by atoms with E-state index in [0.29, 0.717) is 6.04 Å². The first-order valence-corrected chi connectivity index (χ1v) is 9.83. The van der Waals surface area contributed by atoms with E-state index in [9.17, 15) is 0 Å². The lowest BCUT2D eigenvalue weighted by Crippen LogP contribution is -2.45. The summed E-state index contributed by atoms with van der Waals surface area (Å²) in [6.45, 7) is 4.81. The average Bonchev–Trinajstić information content (AvgIpc) is 3.29. The molecule has 0 saturated carbocycles. The van der Waals surface area contributed by atoms with E-state index in [1.165, 1.54) is 0 Å². The number of ether oxygens (including phenoxy) is 1. The lowest BCUT2D eigenvalue weighted by Gasteiger charge is -2.22. The molecule has 1 aromatic heterocycles. The smallest absolute Gasteiger partial charge is 0.191 e. The van der Waals surface area contributed by atoms with Gasteiger partial charge in [-0.05, 0) is 25.5 Å². The Morgan fingerprint density at radius 1 is 1.42 bits per heavy atom. The number of hydrogen-bond acceptors (Lipinski definition) is 5. The number of para-hydroxylation sites is 2. The summed E-state index contributed by atoms with van der Waals surface area (Å²) in [6, 6.07) is 8.55. The van der Waals surface area contributed by atoms with Gasteiger partial charge in [-0.25, -0.2) is 4.98 Å². The second-order valence-electron chi connectivity index (χ2n) is 6.35. The Morgan fingerprint density at radius 2 is 2.27 bits per heavy atom. The van der Waals surface area contributed by atoms with E-state index in [1.807, 2.05) is 26.1 Å². The summed E-state index contributed by atoms with van der Waals surface area (Å²) in [4.78, 5) is 11.2. The second kappa shape index (κ2) is 8.89. The van der Waals surface area contributed by atoms with E-state index >= 15 is 0 Å². The molecule has 3 rings (SSSR count). The number of aliphatic imine (C=N–C) groups is 1. The molecule has 2 N–H and O–H groups in total. The van der Waals surface area contributed by atoms with Crippen molar-refractivity contribution in [3.8, 4) is 5.75 Å². The largest absolute Gasteiger partial charge is 0.495 e. The Morgan fingerprint density at radius 3 is 3.00 bits per heavy atom. The monoisotopic (exact) mass is 373 g/mol. The highest BCUT2D eigenvalue weighted by molar-refractivity contribution is 7.09. The molecular formula is C19H27N5OS. The molecule has 1 fully saturated rings. The van der Waals surface area contributed by atoms with Gasteiger partial charge in [0, 0.05) is 44.5 Å². The third-order valence-corrected chi connectivity index (χ3v) is 5.34. The van der Waals surface area contributed by atoms with E-state index in [4.69, 9.17) is 4.74 Å². The lowest BCUT2D eigenvalue weighted by molar-refractivity contribution is 0.415. The number of thiazole rings is 1. The van der Waals surface area contributed by atoms with Gasteiger partial charge in [0.05, 0.1) is 23.5 Å². The zero-order valence-electron chi connectivity index (χ0n) is 15.7. The zero-order valence-corrected chi connectivity index (χ0v) is 16.5. The molecule has 140 valence electrons. The summed E-state index contributed by atoms with van der Waals surface area (Å²) in [5.74, 6) is 1.78. The minimum absolute atomic E-state index is 0.368. The Labute approximate surface area is 159 Å². The zero-order chi connectivity index (χ0) is 18.4. The van der Waals surface area contributed by atoms with Crippen molar-refractivity contribution in [1.82, 2.24) is 15.6 Å². The molecule has 0 amide bonds. The number of nitrogens with zero attached hydrogens (tertiary/aromatic N) is 3. The van der Waals surface area contributed by atoms with Crippen LogP contribution >= 0.6 is 11.3 Å². The molecule has 1 unspecified atom stereocenters. The lowest BCUT2D eigenvalue weighted by atomic mass is 10.2. The van der Waals surface area contributed by atoms with Crippen LogP contribution < -0.4 is 20.3 Å². The summed E-state index contributed by atoms with van der Waals surface area (Å²) < 4.78 is 5.49. The molecule has 0 radical (unpaired) electrons. The van der Waals surface area contributed by atoms with E-state index in [2.05, 4.69) is 43.0 Å². The van der Waals surface area contributed by atoms with E-state index in [1.54, 1.807) is 18.4 Å². The predicted molar refractivity (Wildman–Crippen MR) is 109 cm³/mol. The minimum atomic E-state index is 0.368. The van der Waals surface area contributed by atoms with Crippen LogP contribution in [0.15, 0.2) is 34.6 Å². The van der Waals surface area contributed by atoms with Gasteiger partial charge in [-0.3, -0.25) is 4.99 Å². The van der Waals surface area contributed by atoms with Crippen molar-refractivity contribution >= 4 is 23.0 Å². The van der Waals surface area contributed by atoms with Crippen molar-refractivity contribution in [2.75, 3.05) is 38.7 Å². The molecule has 0 aliphatic carbocycles. The molecular weight excluding hydrogens is 346 g/mol. The summed E-state index contributed by atoms with van der Waals surface area (Å²) >= 11 is 1.70. The maximum atomic E-state index is 5.49. The fraction of sp³-hybridized carbons (Fsp3) is 0.474. The van der Waals surface area contributed by atoms with Crippen LogP contribution in [-0.4, -0.2) is 50.8 Å². The highest BCUT2D eigenvalue weighted by atomic mass is 32.1. The van der Waals surface area contributed by atoms with Crippen LogP contribution in [0, 0.1) is 6.92 Å². The van der Waals surface area contributed by atoms with E-state index < -0.39 is 0 Å². The van der Waals surface area contributed by atoms with Crippen LogP contribution in [0.3, 0.4) is 0 Å². The van der Waals surface area contributed by atoms with Crippen LogP contribution in [0.2, 0.25) is 0 Å². The maximum Gasteiger partial charge on any atom is 0.191 e. The van der Waals surface area contributed by atoms with Crippen molar-refractivity contribution in [2.24, 2.45) is 4.99 Å². The Bertz CT molecular complexity index is 745. The summed E-state index contributed by atoms with van der Waals surface area (Å²) in [7, 11) is 3.54. The third-order valence-electron chi connectivity index (χ3n) is 4.52. The second-order valence-corrected chi connectivity index (χ2v) is 7.42. The summed E-state index contributed by atoms with van der Waals surface area (Å²) in [5.41, 5.74) is 2.29. The molecule has 1 aliphatic rings. The number of hydrogen-bond donors (Lipinski definition) is 2. The van der Waals surface area contributed by atoms with E-state index in [0.717, 1.165) is 60.6 Å². The first kappa shape index (κ1) is 18.5. The van der Waals surface area contributed by atoms with Gasteiger partial charge in [0.25, 0.3) is 0 Å². The normalized spacial score (nSPS) is 17.4. The van der Waals surface area contributed by atoms with Crippen molar-refractivity contribution in [1.29, 1.82) is 0 Å². The summed E-state index contributed by atoms with van der Waals surface area (Å²) in [6.07, 6.45) is 1.98. The number of aromatic nitrogens is 1. The third kappa shape index (κ3) is 4.66. The molecule has 26 heavy (non-hydrogen) atoms. The molecule has 2 aromatic rings. The fourth-order valence-corrected chi connectivity index (χ4v) is 3.86. The number of methoxy groups -OCH3 is 1.